The van der Waals surface area contributed by atoms with Crippen molar-refractivity contribution in [2.75, 3.05) is 21.3 Å². The number of esters is 1. The molecule has 3 rings (SSSR count). The van der Waals surface area contributed by atoms with Crippen molar-refractivity contribution in [2.24, 2.45) is 0 Å². The van der Waals surface area contributed by atoms with Gasteiger partial charge < -0.3 is 24.1 Å². The minimum absolute atomic E-state index is 0.0663. The summed E-state index contributed by atoms with van der Waals surface area (Å²) in [5, 5.41) is 11.4. The highest BCUT2D eigenvalue weighted by molar-refractivity contribution is 6.23. The fourth-order valence-corrected chi connectivity index (χ4v) is 3.93. The Hall–Kier alpha value is -3.22. The summed E-state index contributed by atoms with van der Waals surface area (Å²) in [7, 11) is 4.38. The summed E-state index contributed by atoms with van der Waals surface area (Å²) >= 11 is 0. The van der Waals surface area contributed by atoms with Crippen LogP contribution in [-0.2, 0) is 16.0 Å². The highest BCUT2D eigenvalue weighted by Gasteiger charge is 2.32. The quantitative estimate of drug-likeness (QED) is 0.463. The average molecular weight is 400 g/mol. The van der Waals surface area contributed by atoms with Gasteiger partial charge in [0.25, 0.3) is 0 Å². The van der Waals surface area contributed by atoms with E-state index in [1.807, 2.05) is 13.0 Å². The topological polar surface area (TPSA) is 91.3 Å². The monoisotopic (exact) mass is 400 g/mol. The Morgan fingerprint density at radius 1 is 1.10 bits per heavy atom. The molecule has 0 fully saturated rings. The maximum absolute atomic E-state index is 12.6. The van der Waals surface area contributed by atoms with Crippen molar-refractivity contribution in [2.45, 2.75) is 33.3 Å². The Balaban J connectivity index is 2.54. The van der Waals surface area contributed by atoms with E-state index < -0.39 is 5.97 Å². The zero-order chi connectivity index (χ0) is 21.5. The van der Waals surface area contributed by atoms with Crippen LogP contribution in [0.4, 0.5) is 0 Å². The summed E-state index contributed by atoms with van der Waals surface area (Å²) in [5.41, 5.74) is 1.50. The Bertz CT molecular complexity index is 1050. The van der Waals surface area contributed by atoms with E-state index in [4.69, 9.17) is 18.9 Å². The van der Waals surface area contributed by atoms with Gasteiger partial charge in [0.2, 0.25) is 0 Å². The number of benzene rings is 2. The lowest BCUT2D eigenvalue weighted by atomic mass is 9.89. The molecule has 0 bridgehead atoms. The third-order valence-electron chi connectivity index (χ3n) is 4.99. The fourth-order valence-electron chi connectivity index (χ4n) is 3.93. The summed E-state index contributed by atoms with van der Waals surface area (Å²) in [6.45, 7) is 4.60. The number of Topliss-reactive ketones (excluding diaryl/α,β-unsaturated/α-hetero) is 1. The lowest BCUT2D eigenvalue weighted by Crippen LogP contribution is -2.25. The number of fused-ring (bicyclic) bond motifs is 2. The molecule has 0 saturated heterocycles. The summed E-state index contributed by atoms with van der Waals surface area (Å²) < 4.78 is 22.2. The number of cyclic esters (lactones) is 1. The van der Waals surface area contributed by atoms with Crippen molar-refractivity contribution in [3.05, 3.63) is 34.6 Å². The Morgan fingerprint density at radius 2 is 1.76 bits per heavy atom. The van der Waals surface area contributed by atoms with Gasteiger partial charge in [-0.25, -0.2) is 4.79 Å². The molecule has 7 heteroatoms. The molecule has 0 amide bonds. The molecule has 154 valence electrons. The summed E-state index contributed by atoms with van der Waals surface area (Å²) in [5.74, 6) is -0.0682. The molecule has 0 aliphatic carbocycles. The Morgan fingerprint density at radius 3 is 2.28 bits per heavy atom. The first-order valence-electron chi connectivity index (χ1n) is 9.15. The minimum atomic E-state index is -0.474. The van der Waals surface area contributed by atoms with E-state index in [-0.39, 0.29) is 29.0 Å². The van der Waals surface area contributed by atoms with Crippen LogP contribution >= 0.6 is 0 Å². The fraction of sp³-hybridized carbons (Fsp3) is 0.364. The van der Waals surface area contributed by atoms with Gasteiger partial charge >= 0.3 is 5.97 Å². The van der Waals surface area contributed by atoms with Crippen LogP contribution in [0.2, 0.25) is 0 Å². The van der Waals surface area contributed by atoms with E-state index in [2.05, 4.69) is 0 Å². The largest absolute Gasteiger partial charge is 0.512 e. The number of carbonyl (C=O) groups is 2. The van der Waals surface area contributed by atoms with E-state index in [1.54, 1.807) is 6.07 Å². The number of hydrogen-bond donors (Lipinski definition) is 1. The number of ketones is 1. The van der Waals surface area contributed by atoms with Gasteiger partial charge in [0.1, 0.15) is 34.7 Å². The molecule has 7 nitrogen and oxygen atoms in total. The van der Waals surface area contributed by atoms with Gasteiger partial charge in [-0.3, -0.25) is 4.79 Å². The highest BCUT2D eigenvalue weighted by Crippen LogP contribution is 2.48. The van der Waals surface area contributed by atoms with Gasteiger partial charge in [0, 0.05) is 6.42 Å². The average Bonchev–Trinajstić information content (AvgIpc) is 2.65. The first-order chi connectivity index (χ1) is 13.7. The van der Waals surface area contributed by atoms with Crippen LogP contribution in [-0.4, -0.2) is 44.3 Å². The highest BCUT2D eigenvalue weighted by atomic mass is 16.5. The number of ether oxygens (including phenoxy) is 4. The molecule has 1 aliphatic rings. The van der Waals surface area contributed by atoms with Crippen molar-refractivity contribution in [3.8, 4) is 17.2 Å². The van der Waals surface area contributed by atoms with Crippen LogP contribution in [0.15, 0.2) is 17.9 Å². The van der Waals surface area contributed by atoms with E-state index in [1.165, 1.54) is 35.2 Å². The summed E-state index contributed by atoms with van der Waals surface area (Å²) in [4.78, 5) is 24.9. The van der Waals surface area contributed by atoms with Crippen molar-refractivity contribution in [1.82, 2.24) is 0 Å². The molecule has 2 aromatic carbocycles. The van der Waals surface area contributed by atoms with Crippen LogP contribution in [0, 0.1) is 0 Å². The van der Waals surface area contributed by atoms with Gasteiger partial charge in [-0.2, -0.15) is 0 Å². The lowest BCUT2D eigenvalue weighted by Gasteiger charge is -2.26. The first-order valence-corrected chi connectivity index (χ1v) is 9.15. The number of rotatable bonds is 5. The molecule has 1 aliphatic heterocycles. The molecule has 1 atom stereocenters. The number of carbonyl (C=O) groups excluding carboxylic acids is 2. The molecular formula is C22H24O7. The zero-order valence-corrected chi connectivity index (χ0v) is 17.3. The third-order valence-corrected chi connectivity index (χ3v) is 4.99. The molecule has 0 spiro atoms. The standard InChI is InChI=1S/C22H24O7/c1-10-7-13-8-14-9-15(26-4)19(16(11(2)23)12(3)24)21(28-6)17(14)20(27-5)18(13)22(25)29-10/h8-10,23H,7H2,1-6H3/b16-11+. The third kappa shape index (κ3) is 3.26. The van der Waals surface area contributed by atoms with Gasteiger partial charge in [-0.05, 0) is 43.9 Å². The molecule has 0 aromatic heterocycles. The molecule has 29 heavy (non-hydrogen) atoms. The molecule has 0 radical (unpaired) electrons. The molecule has 2 aromatic rings. The van der Waals surface area contributed by atoms with Gasteiger partial charge in [-0.1, -0.05) is 0 Å². The second-order valence-electron chi connectivity index (χ2n) is 6.97. The number of hydrogen-bond acceptors (Lipinski definition) is 7. The van der Waals surface area contributed by atoms with Crippen LogP contribution in [0.5, 0.6) is 17.2 Å². The van der Waals surface area contributed by atoms with Gasteiger partial charge in [0.15, 0.2) is 5.78 Å². The predicted molar refractivity (Wildman–Crippen MR) is 108 cm³/mol. The normalized spacial score (nSPS) is 16.6. The maximum Gasteiger partial charge on any atom is 0.342 e. The van der Waals surface area contributed by atoms with E-state index >= 15 is 0 Å². The first kappa shape index (κ1) is 20.5. The van der Waals surface area contributed by atoms with Crippen molar-refractivity contribution < 1.29 is 33.6 Å². The van der Waals surface area contributed by atoms with Crippen LogP contribution in [0.3, 0.4) is 0 Å². The van der Waals surface area contributed by atoms with Crippen molar-refractivity contribution in [1.29, 1.82) is 0 Å². The lowest BCUT2D eigenvalue weighted by molar-refractivity contribution is -0.111. The zero-order valence-electron chi connectivity index (χ0n) is 17.3. The van der Waals surface area contributed by atoms with Crippen LogP contribution < -0.4 is 14.2 Å². The van der Waals surface area contributed by atoms with E-state index in [9.17, 15) is 14.7 Å². The minimum Gasteiger partial charge on any atom is -0.512 e. The van der Waals surface area contributed by atoms with E-state index in [0.29, 0.717) is 34.4 Å². The van der Waals surface area contributed by atoms with Crippen molar-refractivity contribution in [3.63, 3.8) is 0 Å². The predicted octanol–water partition coefficient (Wildman–Crippen LogP) is 3.85. The van der Waals surface area contributed by atoms with Gasteiger partial charge in [-0.15, -0.1) is 0 Å². The molecular weight excluding hydrogens is 376 g/mol. The Labute approximate surface area is 168 Å². The smallest absolute Gasteiger partial charge is 0.342 e. The maximum atomic E-state index is 12.6. The van der Waals surface area contributed by atoms with Crippen molar-refractivity contribution >= 4 is 28.1 Å². The molecule has 1 unspecified atom stereocenters. The second kappa shape index (κ2) is 7.66. The Kier molecular flexibility index (Phi) is 5.42. The summed E-state index contributed by atoms with van der Waals surface area (Å²) in [6.07, 6.45) is 0.304. The van der Waals surface area contributed by atoms with Gasteiger partial charge in [0.05, 0.1) is 37.9 Å². The SMILES string of the molecule is COc1cc2cc3c(c(OC)c2c(OC)c1/C(C(C)=O)=C(\C)O)C(=O)OC(C)C3. The molecule has 1 heterocycles. The van der Waals surface area contributed by atoms with Crippen LogP contribution in [0.25, 0.3) is 16.3 Å². The van der Waals surface area contributed by atoms with E-state index in [0.717, 1.165) is 10.9 Å². The number of aliphatic hydroxyl groups excluding tert-OH is 1. The second-order valence-corrected chi connectivity index (χ2v) is 6.97. The number of allylic oxidation sites excluding steroid dienone is 2. The molecule has 1 N–H and O–H groups in total. The number of methoxy groups -OCH3 is 3. The summed E-state index contributed by atoms with van der Waals surface area (Å²) in [6, 6.07) is 3.62. The molecule has 0 saturated carbocycles. The number of aliphatic hydroxyl groups is 1. The van der Waals surface area contributed by atoms with Crippen LogP contribution in [0.1, 0.15) is 42.3 Å².